The lowest BCUT2D eigenvalue weighted by atomic mass is 9.97. The zero-order chi connectivity index (χ0) is 22.9. The molecule has 0 fully saturated rings. The molecule has 5 aromatic rings. The fourth-order valence-corrected chi connectivity index (χ4v) is 4.77. The van der Waals surface area contributed by atoms with Gasteiger partial charge >= 0.3 is 0 Å². The summed E-state index contributed by atoms with van der Waals surface area (Å²) in [4.78, 5) is 2.34. The van der Waals surface area contributed by atoms with E-state index in [-0.39, 0.29) is 6.10 Å². The molecule has 6 rings (SSSR count). The highest BCUT2D eigenvalue weighted by Gasteiger charge is 2.27. The maximum Gasteiger partial charge on any atom is 0.144 e. The van der Waals surface area contributed by atoms with Crippen LogP contribution in [0, 0.1) is 0 Å². The molecule has 164 valence electrons. The molecule has 1 aliphatic heterocycles. The summed E-state index contributed by atoms with van der Waals surface area (Å²) in [6, 6.07) is 44.9. The predicted octanol–water partition coefficient (Wildman–Crippen LogP) is 8.94. The van der Waals surface area contributed by atoms with Crippen LogP contribution in [0.4, 0.5) is 17.1 Å². The van der Waals surface area contributed by atoms with Crippen LogP contribution in [0.3, 0.4) is 0 Å². The number of benzene rings is 5. The molecular formula is C32H25NO. The summed E-state index contributed by atoms with van der Waals surface area (Å²) in [7, 11) is 0. The first kappa shape index (κ1) is 20.3. The van der Waals surface area contributed by atoms with Crippen LogP contribution in [0.2, 0.25) is 0 Å². The Labute approximate surface area is 200 Å². The van der Waals surface area contributed by atoms with E-state index in [1.54, 1.807) is 0 Å². The molecule has 5 aromatic carbocycles. The fraction of sp³-hybridized carbons (Fsp3) is 0.0625. The lowest BCUT2D eigenvalue weighted by Crippen LogP contribution is -2.11. The van der Waals surface area contributed by atoms with Gasteiger partial charge in [-0.3, -0.25) is 0 Å². The Kier molecular flexibility index (Phi) is 5.12. The molecule has 0 radical (unpaired) electrons. The maximum atomic E-state index is 6.42. The van der Waals surface area contributed by atoms with Gasteiger partial charge in [0, 0.05) is 11.3 Å². The minimum absolute atomic E-state index is 0.0479. The largest absolute Gasteiger partial charge is 0.484 e. The second kappa shape index (κ2) is 8.57. The molecule has 0 amide bonds. The van der Waals surface area contributed by atoms with Gasteiger partial charge in [0.05, 0.1) is 11.4 Å². The summed E-state index contributed by atoms with van der Waals surface area (Å²) >= 11 is 0. The number of hydrogen-bond acceptors (Lipinski definition) is 2. The average molecular weight is 440 g/mol. The number of anilines is 3. The zero-order valence-electron chi connectivity index (χ0n) is 19.1. The van der Waals surface area contributed by atoms with E-state index in [2.05, 4.69) is 133 Å². The van der Waals surface area contributed by atoms with Crippen molar-refractivity contribution in [2.45, 2.75) is 13.0 Å². The first-order chi connectivity index (χ1) is 16.8. The lowest BCUT2D eigenvalue weighted by Gasteiger charge is -2.27. The van der Waals surface area contributed by atoms with Gasteiger partial charge in [-0.15, -0.1) is 0 Å². The van der Waals surface area contributed by atoms with Crippen LogP contribution < -0.4 is 9.64 Å². The third kappa shape index (κ3) is 3.64. The summed E-state index contributed by atoms with van der Waals surface area (Å²) in [6.07, 6.45) is -0.0479. The van der Waals surface area contributed by atoms with Crippen molar-refractivity contribution in [2.75, 3.05) is 4.90 Å². The molecule has 0 N–H and O–H groups in total. The molecule has 34 heavy (non-hydrogen) atoms. The van der Waals surface area contributed by atoms with Gasteiger partial charge in [0.2, 0.25) is 0 Å². The van der Waals surface area contributed by atoms with E-state index in [1.807, 2.05) is 6.07 Å². The molecule has 0 saturated carbocycles. The monoisotopic (exact) mass is 439 g/mol. The van der Waals surface area contributed by atoms with Gasteiger partial charge in [0.25, 0.3) is 0 Å². The van der Waals surface area contributed by atoms with Crippen LogP contribution in [0.1, 0.15) is 18.6 Å². The predicted molar refractivity (Wildman–Crippen MR) is 141 cm³/mol. The van der Waals surface area contributed by atoms with Crippen molar-refractivity contribution in [1.82, 2.24) is 0 Å². The summed E-state index contributed by atoms with van der Waals surface area (Å²) in [6.45, 7) is 2.12. The molecule has 0 aromatic heterocycles. The minimum Gasteiger partial charge on any atom is -0.484 e. The van der Waals surface area contributed by atoms with E-state index in [9.17, 15) is 0 Å². The standard InChI is InChI=1S/C32H25NO/c1-23-29-16-8-9-17-30(29)33(31-18-10-11-19-32(31)34-23)28-21-26(24-12-4-2-5-13-24)20-27(22-28)25-14-6-3-7-15-25/h2-23H,1H3. The molecule has 0 spiro atoms. The number of nitrogens with zero attached hydrogens (tertiary/aromatic N) is 1. The van der Waals surface area contributed by atoms with Gasteiger partial charge in [0.15, 0.2) is 0 Å². The number of ether oxygens (including phenoxy) is 1. The Bertz CT molecular complexity index is 1390. The van der Waals surface area contributed by atoms with Crippen molar-refractivity contribution in [3.8, 4) is 28.0 Å². The summed E-state index contributed by atoms with van der Waals surface area (Å²) in [5, 5.41) is 0. The number of fused-ring (bicyclic) bond motifs is 2. The van der Waals surface area contributed by atoms with E-state index < -0.39 is 0 Å². The normalized spacial score (nSPS) is 14.5. The highest BCUT2D eigenvalue weighted by atomic mass is 16.5. The Hall–Kier alpha value is -4.30. The first-order valence-electron chi connectivity index (χ1n) is 11.7. The Morgan fingerprint density at radius 3 is 1.71 bits per heavy atom. The van der Waals surface area contributed by atoms with E-state index in [0.717, 1.165) is 22.8 Å². The van der Waals surface area contributed by atoms with Crippen molar-refractivity contribution >= 4 is 17.1 Å². The van der Waals surface area contributed by atoms with Crippen molar-refractivity contribution in [3.05, 3.63) is 133 Å². The Morgan fingerprint density at radius 2 is 1.06 bits per heavy atom. The molecule has 0 aliphatic carbocycles. The van der Waals surface area contributed by atoms with E-state index in [1.165, 1.54) is 27.8 Å². The van der Waals surface area contributed by atoms with Gasteiger partial charge in [-0.2, -0.15) is 0 Å². The van der Waals surface area contributed by atoms with Crippen LogP contribution in [0.25, 0.3) is 22.3 Å². The Morgan fingerprint density at radius 1 is 0.529 bits per heavy atom. The molecule has 1 atom stereocenters. The van der Waals surface area contributed by atoms with Crippen LogP contribution in [0.5, 0.6) is 5.75 Å². The van der Waals surface area contributed by atoms with Gasteiger partial charge in [-0.05, 0) is 65.6 Å². The maximum absolute atomic E-state index is 6.42. The number of hydrogen-bond donors (Lipinski definition) is 0. The van der Waals surface area contributed by atoms with E-state index in [0.29, 0.717) is 0 Å². The van der Waals surface area contributed by atoms with E-state index in [4.69, 9.17) is 4.74 Å². The highest BCUT2D eigenvalue weighted by Crippen LogP contribution is 2.48. The van der Waals surface area contributed by atoms with Crippen molar-refractivity contribution < 1.29 is 4.74 Å². The third-order valence-electron chi connectivity index (χ3n) is 6.42. The summed E-state index contributed by atoms with van der Waals surface area (Å²) in [5.41, 5.74) is 9.23. The fourth-order valence-electron chi connectivity index (χ4n) is 4.77. The molecular weight excluding hydrogens is 414 g/mol. The summed E-state index contributed by atoms with van der Waals surface area (Å²) < 4.78 is 6.42. The first-order valence-corrected chi connectivity index (χ1v) is 11.7. The highest BCUT2D eigenvalue weighted by molar-refractivity contribution is 5.88. The van der Waals surface area contributed by atoms with Crippen LogP contribution >= 0.6 is 0 Å². The second-order valence-electron chi connectivity index (χ2n) is 8.62. The van der Waals surface area contributed by atoms with Crippen LogP contribution in [-0.4, -0.2) is 0 Å². The molecule has 2 nitrogen and oxygen atoms in total. The quantitative estimate of drug-likeness (QED) is 0.278. The molecule has 1 aliphatic rings. The second-order valence-corrected chi connectivity index (χ2v) is 8.62. The SMILES string of the molecule is CC1Oc2ccccc2N(c2cc(-c3ccccc3)cc(-c3ccccc3)c2)c2ccccc21. The summed E-state index contributed by atoms with van der Waals surface area (Å²) in [5.74, 6) is 0.887. The van der Waals surface area contributed by atoms with Gasteiger partial charge in [0.1, 0.15) is 11.9 Å². The zero-order valence-corrected chi connectivity index (χ0v) is 19.1. The van der Waals surface area contributed by atoms with Crippen molar-refractivity contribution in [3.63, 3.8) is 0 Å². The van der Waals surface area contributed by atoms with Crippen molar-refractivity contribution in [2.24, 2.45) is 0 Å². The topological polar surface area (TPSA) is 12.5 Å². The average Bonchev–Trinajstić information content (AvgIpc) is 3.03. The van der Waals surface area contributed by atoms with Crippen LogP contribution in [-0.2, 0) is 0 Å². The number of rotatable bonds is 3. The minimum atomic E-state index is -0.0479. The smallest absolute Gasteiger partial charge is 0.144 e. The molecule has 1 heterocycles. The van der Waals surface area contributed by atoms with Crippen LogP contribution in [0.15, 0.2) is 127 Å². The number of para-hydroxylation sites is 3. The van der Waals surface area contributed by atoms with Crippen molar-refractivity contribution in [1.29, 1.82) is 0 Å². The lowest BCUT2D eigenvalue weighted by molar-refractivity contribution is 0.231. The molecule has 1 unspecified atom stereocenters. The molecule has 2 heteroatoms. The van der Waals surface area contributed by atoms with Gasteiger partial charge in [-0.1, -0.05) is 91.0 Å². The van der Waals surface area contributed by atoms with Gasteiger partial charge < -0.3 is 9.64 Å². The molecule has 0 saturated heterocycles. The van der Waals surface area contributed by atoms with Gasteiger partial charge in [-0.25, -0.2) is 0 Å². The third-order valence-corrected chi connectivity index (χ3v) is 6.42. The molecule has 0 bridgehead atoms. The van der Waals surface area contributed by atoms with E-state index >= 15 is 0 Å². The Balaban J connectivity index is 1.64.